The van der Waals surface area contributed by atoms with Gasteiger partial charge >= 0.3 is 5.97 Å². The van der Waals surface area contributed by atoms with E-state index in [-0.39, 0.29) is 36.0 Å². The van der Waals surface area contributed by atoms with Crippen LogP contribution >= 0.6 is 0 Å². The van der Waals surface area contributed by atoms with E-state index in [9.17, 15) is 24.5 Å². The number of carbonyl (C=O) groups excluding carboxylic acids is 3. The fraction of sp³-hybridized carbons (Fsp3) is 0.318. The SMILES string of the molecule is COc1ccc([N+](=O)[O-])cc1NC(=O)[C@@H](C)OC(=O)[C@@H]1CC(=O)N(c2ccccc2OC)C1. The van der Waals surface area contributed by atoms with Crippen molar-refractivity contribution in [3.05, 3.63) is 52.6 Å². The number of carbonyl (C=O) groups is 3. The minimum Gasteiger partial charge on any atom is -0.495 e. The number of benzene rings is 2. The minimum atomic E-state index is -1.21. The Morgan fingerprint density at radius 1 is 1.15 bits per heavy atom. The number of nitro groups is 1. The molecule has 1 saturated heterocycles. The molecule has 2 atom stereocenters. The van der Waals surface area contributed by atoms with E-state index in [0.717, 1.165) is 6.07 Å². The average molecular weight is 457 g/mol. The maximum absolute atomic E-state index is 12.6. The van der Waals surface area contributed by atoms with Crippen molar-refractivity contribution >= 4 is 34.8 Å². The van der Waals surface area contributed by atoms with Crippen LogP contribution in [0, 0.1) is 16.0 Å². The zero-order chi connectivity index (χ0) is 24.1. The number of methoxy groups -OCH3 is 2. The van der Waals surface area contributed by atoms with Gasteiger partial charge < -0.3 is 24.4 Å². The Morgan fingerprint density at radius 2 is 1.85 bits per heavy atom. The predicted molar refractivity (Wildman–Crippen MR) is 117 cm³/mol. The molecule has 33 heavy (non-hydrogen) atoms. The van der Waals surface area contributed by atoms with Crippen LogP contribution in [-0.2, 0) is 19.1 Å². The fourth-order valence-corrected chi connectivity index (χ4v) is 3.42. The molecule has 1 heterocycles. The Bertz CT molecular complexity index is 1090. The van der Waals surface area contributed by atoms with Gasteiger partial charge in [0, 0.05) is 25.1 Å². The van der Waals surface area contributed by atoms with Gasteiger partial charge in [0.2, 0.25) is 5.91 Å². The van der Waals surface area contributed by atoms with Gasteiger partial charge in [-0.2, -0.15) is 0 Å². The molecule has 1 aliphatic heterocycles. The summed E-state index contributed by atoms with van der Waals surface area (Å²) in [4.78, 5) is 49.5. The van der Waals surface area contributed by atoms with Gasteiger partial charge in [0.1, 0.15) is 11.5 Å². The number of hydrogen-bond donors (Lipinski definition) is 1. The Hall–Kier alpha value is -4.15. The summed E-state index contributed by atoms with van der Waals surface area (Å²) in [5.41, 5.74) is 0.374. The zero-order valence-electron chi connectivity index (χ0n) is 18.3. The topological polar surface area (TPSA) is 137 Å². The lowest BCUT2D eigenvalue weighted by Crippen LogP contribution is -2.33. The number of non-ortho nitro benzene ring substituents is 1. The number of rotatable bonds is 8. The Kier molecular flexibility index (Phi) is 7.11. The number of nitro benzene ring substituents is 1. The molecule has 1 aliphatic rings. The van der Waals surface area contributed by atoms with E-state index in [1.807, 2.05) is 0 Å². The molecule has 2 amide bonds. The van der Waals surface area contributed by atoms with E-state index in [1.54, 1.807) is 24.3 Å². The van der Waals surface area contributed by atoms with Gasteiger partial charge in [-0.1, -0.05) is 12.1 Å². The highest BCUT2D eigenvalue weighted by molar-refractivity contribution is 6.01. The molecular weight excluding hydrogens is 434 g/mol. The van der Waals surface area contributed by atoms with Gasteiger partial charge in [-0.25, -0.2) is 0 Å². The molecule has 3 rings (SSSR count). The molecule has 0 bridgehead atoms. The van der Waals surface area contributed by atoms with Crippen LogP contribution in [-0.4, -0.2) is 49.6 Å². The highest BCUT2D eigenvalue weighted by Gasteiger charge is 2.38. The van der Waals surface area contributed by atoms with E-state index < -0.39 is 28.8 Å². The number of esters is 1. The van der Waals surface area contributed by atoms with Crippen molar-refractivity contribution in [3.63, 3.8) is 0 Å². The molecule has 1 fully saturated rings. The third kappa shape index (κ3) is 5.20. The standard InChI is InChI=1S/C22H23N3O8/c1-13(21(27)23-16-11-15(25(29)30)8-9-18(16)31-2)33-22(28)14-10-20(26)24(12-14)17-6-4-5-7-19(17)32-3/h4-9,11,13-14H,10,12H2,1-3H3,(H,23,27)/t13-,14-/m1/s1. The number of ether oxygens (including phenoxy) is 3. The number of anilines is 2. The smallest absolute Gasteiger partial charge is 0.312 e. The first-order chi connectivity index (χ1) is 15.7. The molecule has 0 saturated carbocycles. The van der Waals surface area contributed by atoms with Crippen molar-refractivity contribution < 1.29 is 33.5 Å². The van der Waals surface area contributed by atoms with Gasteiger partial charge in [0.25, 0.3) is 11.6 Å². The second kappa shape index (κ2) is 9.98. The molecule has 0 unspecified atom stereocenters. The molecule has 2 aromatic carbocycles. The Balaban J connectivity index is 1.65. The van der Waals surface area contributed by atoms with Crippen LogP contribution < -0.4 is 19.7 Å². The summed E-state index contributed by atoms with van der Waals surface area (Å²) in [6.07, 6.45) is -1.28. The number of nitrogens with one attached hydrogen (secondary N) is 1. The van der Waals surface area contributed by atoms with E-state index in [4.69, 9.17) is 14.2 Å². The van der Waals surface area contributed by atoms with Gasteiger partial charge in [-0.15, -0.1) is 0 Å². The largest absolute Gasteiger partial charge is 0.495 e. The highest BCUT2D eigenvalue weighted by Crippen LogP contribution is 2.33. The van der Waals surface area contributed by atoms with E-state index in [1.165, 1.54) is 38.2 Å². The number of amides is 2. The molecule has 11 heteroatoms. The van der Waals surface area contributed by atoms with Gasteiger partial charge in [-0.05, 0) is 25.1 Å². The summed E-state index contributed by atoms with van der Waals surface area (Å²) >= 11 is 0. The minimum absolute atomic E-state index is 0.0656. The lowest BCUT2D eigenvalue weighted by molar-refractivity contribution is -0.384. The first-order valence-electron chi connectivity index (χ1n) is 10.0. The van der Waals surface area contributed by atoms with Crippen molar-refractivity contribution in [1.29, 1.82) is 0 Å². The number of hydrogen-bond acceptors (Lipinski definition) is 8. The van der Waals surface area contributed by atoms with Crippen LogP contribution in [0.1, 0.15) is 13.3 Å². The molecule has 1 N–H and O–H groups in total. The van der Waals surface area contributed by atoms with Crippen LogP contribution in [0.25, 0.3) is 0 Å². The molecular formula is C22H23N3O8. The second-order valence-electron chi connectivity index (χ2n) is 7.29. The molecule has 0 aliphatic carbocycles. The third-order valence-electron chi connectivity index (χ3n) is 5.15. The Labute approximate surface area is 189 Å². The summed E-state index contributed by atoms with van der Waals surface area (Å²) in [5, 5.41) is 13.5. The second-order valence-corrected chi connectivity index (χ2v) is 7.29. The van der Waals surface area contributed by atoms with Crippen LogP contribution in [0.15, 0.2) is 42.5 Å². The molecule has 2 aromatic rings. The average Bonchev–Trinajstić information content (AvgIpc) is 3.20. The van der Waals surface area contributed by atoms with E-state index >= 15 is 0 Å². The van der Waals surface area contributed by atoms with Crippen LogP contribution in [0.2, 0.25) is 0 Å². The zero-order valence-corrected chi connectivity index (χ0v) is 18.3. The third-order valence-corrected chi connectivity index (χ3v) is 5.15. The first kappa shape index (κ1) is 23.5. The molecule has 11 nitrogen and oxygen atoms in total. The van der Waals surface area contributed by atoms with Crippen molar-refractivity contribution in [3.8, 4) is 11.5 Å². The van der Waals surface area contributed by atoms with Crippen LogP contribution in [0.5, 0.6) is 11.5 Å². The maximum Gasteiger partial charge on any atom is 0.312 e. The molecule has 0 radical (unpaired) electrons. The van der Waals surface area contributed by atoms with E-state index in [2.05, 4.69) is 5.32 Å². The number of para-hydroxylation sites is 2. The summed E-state index contributed by atoms with van der Waals surface area (Å²) in [5.74, 6) is -1.72. The molecule has 174 valence electrons. The summed E-state index contributed by atoms with van der Waals surface area (Å²) in [6.45, 7) is 1.46. The lowest BCUT2D eigenvalue weighted by Gasteiger charge is -2.20. The van der Waals surface area contributed by atoms with E-state index in [0.29, 0.717) is 11.4 Å². The monoisotopic (exact) mass is 457 g/mol. The first-order valence-corrected chi connectivity index (χ1v) is 10.0. The fourth-order valence-electron chi connectivity index (χ4n) is 3.42. The maximum atomic E-state index is 12.6. The van der Waals surface area contributed by atoms with Gasteiger partial charge in [0.15, 0.2) is 6.10 Å². The van der Waals surface area contributed by atoms with Gasteiger partial charge in [0.05, 0.1) is 36.4 Å². The normalized spacial score (nSPS) is 16.2. The van der Waals surface area contributed by atoms with Gasteiger partial charge in [-0.3, -0.25) is 24.5 Å². The van der Waals surface area contributed by atoms with Crippen molar-refractivity contribution in [1.82, 2.24) is 0 Å². The summed E-state index contributed by atoms with van der Waals surface area (Å²) in [7, 11) is 2.84. The number of nitrogens with zero attached hydrogens (tertiary/aromatic N) is 2. The van der Waals surface area contributed by atoms with Crippen molar-refractivity contribution in [2.75, 3.05) is 31.0 Å². The van der Waals surface area contributed by atoms with Crippen LogP contribution in [0.3, 0.4) is 0 Å². The lowest BCUT2D eigenvalue weighted by atomic mass is 10.1. The molecule has 0 spiro atoms. The van der Waals surface area contributed by atoms with Crippen molar-refractivity contribution in [2.45, 2.75) is 19.4 Å². The molecule has 0 aromatic heterocycles. The van der Waals surface area contributed by atoms with Crippen LogP contribution in [0.4, 0.5) is 17.1 Å². The summed E-state index contributed by atoms with van der Waals surface area (Å²) < 4.78 is 15.7. The Morgan fingerprint density at radius 3 is 2.52 bits per heavy atom. The predicted octanol–water partition coefficient (Wildman–Crippen LogP) is 2.54. The highest BCUT2D eigenvalue weighted by atomic mass is 16.6. The quantitative estimate of drug-likeness (QED) is 0.363. The summed E-state index contributed by atoms with van der Waals surface area (Å²) in [6, 6.07) is 10.7. The van der Waals surface area contributed by atoms with Crippen molar-refractivity contribution in [2.24, 2.45) is 5.92 Å².